The Morgan fingerprint density at radius 1 is 0.778 bits per heavy atom. The second kappa shape index (κ2) is 8.65. The second-order valence-electron chi connectivity index (χ2n) is 6.94. The van der Waals surface area contributed by atoms with E-state index < -0.39 is 5.41 Å². The number of hydrogen-bond donors (Lipinski definition) is 0. The molecular weight excluding hydrogens is 334 g/mol. The number of hydrogen-bond acceptors (Lipinski definition) is 3. The van der Waals surface area contributed by atoms with Crippen molar-refractivity contribution in [3.05, 3.63) is 108 Å². The molecule has 138 valence electrons. The van der Waals surface area contributed by atoms with Crippen LogP contribution in [0.4, 0.5) is 0 Å². The molecule has 0 unspecified atom stereocenters. The molecule has 3 aromatic rings. The molecule has 3 aromatic carbocycles. The first-order valence-corrected chi connectivity index (χ1v) is 9.10. The van der Waals surface area contributed by atoms with Crippen LogP contribution >= 0.6 is 0 Å². The van der Waals surface area contributed by atoms with Gasteiger partial charge in [-0.25, -0.2) is 0 Å². The van der Waals surface area contributed by atoms with Gasteiger partial charge in [0.25, 0.3) is 0 Å². The van der Waals surface area contributed by atoms with E-state index in [0.717, 1.165) is 16.7 Å². The summed E-state index contributed by atoms with van der Waals surface area (Å²) in [4.78, 5) is 15.6. The van der Waals surface area contributed by atoms with E-state index in [9.17, 15) is 4.79 Å². The van der Waals surface area contributed by atoms with E-state index >= 15 is 0 Å². The SMILES string of the molecule is CN(C)CC(C(=O)OCc1ccccc1)(c1ccccc1)c1ccccc1. The predicted molar refractivity (Wildman–Crippen MR) is 108 cm³/mol. The number of rotatable bonds is 7. The molecule has 0 spiro atoms. The Labute approximate surface area is 161 Å². The van der Waals surface area contributed by atoms with Gasteiger partial charge in [0.15, 0.2) is 0 Å². The second-order valence-corrected chi connectivity index (χ2v) is 6.94. The normalized spacial score (nSPS) is 11.4. The minimum atomic E-state index is -0.888. The summed E-state index contributed by atoms with van der Waals surface area (Å²) in [6.07, 6.45) is 0. The topological polar surface area (TPSA) is 29.5 Å². The molecule has 0 amide bonds. The van der Waals surface area contributed by atoms with Gasteiger partial charge in [0.1, 0.15) is 12.0 Å². The highest BCUT2D eigenvalue weighted by molar-refractivity contribution is 5.88. The summed E-state index contributed by atoms with van der Waals surface area (Å²) in [5.41, 5.74) is 1.96. The van der Waals surface area contributed by atoms with Crippen LogP contribution in [0.3, 0.4) is 0 Å². The molecule has 0 N–H and O–H groups in total. The van der Waals surface area contributed by atoms with E-state index in [4.69, 9.17) is 4.74 Å². The number of esters is 1. The van der Waals surface area contributed by atoms with Crippen molar-refractivity contribution in [1.29, 1.82) is 0 Å². The monoisotopic (exact) mass is 359 g/mol. The fourth-order valence-electron chi connectivity index (χ4n) is 3.42. The van der Waals surface area contributed by atoms with Crippen LogP contribution in [0.15, 0.2) is 91.0 Å². The maximum Gasteiger partial charge on any atom is 0.322 e. The van der Waals surface area contributed by atoms with Crippen molar-refractivity contribution in [2.24, 2.45) is 0 Å². The minimum absolute atomic E-state index is 0.238. The lowest BCUT2D eigenvalue weighted by Crippen LogP contribution is -2.46. The van der Waals surface area contributed by atoms with Gasteiger partial charge in [-0.3, -0.25) is 4.79 Å². The molecule has 3 nitrogen and oxygen atoms in total. The van der Waals surface area contributed by atoms with Gasteiger partial charge in [-0.1, -0.05) is 91.0 Å². The van der Waals surface area contributed by atoms with Crippen molar-refractivity contribution < 1.29 is 9.53 Å². The molecule has 0 heterocycles. The van der Waals surface area contributed by atoms with Crippen LogP contribution in [0.5, 0.6) is 0 Å². The first-order valence-electron chi connectivity index (χ1n) is 9.10. The fraction of sp³-hybridized carbons (Fsp3) is 0.208. The van der Waals surface area contributed by atoms with Gasteiger partial charge in [0.2, 0.25) is 0 Å². The number of carbonyl (C=O) groups excluding carboxylic acids is 1. The quantitative estimate of drug-likeness (QED) is 0.590. The smallest absolute Gasteiger partial charge is 0.322 e. The molecule has 0 aromatic heterocycles. The van der Waals surface area contributed by atoms with Crippen LogP contribution < -0.4 is 0 Å². The largest absolute Gasteiger partial charge is 0.460 e. The highest BCUT2D eigenvalue weighted by Gasteiger charge is 2.44. The molecule has 0 aliphatic carbocycles. The lowest BCUT2D eigenvalue weighted by Gasteiger charge is -2.35. The summed E-state index contributed by atoms with van der Waals surface area (Å²) >= 11 is 0. The van der Waals surface area contributed by atoms with Crippen LogP contribution in [0.2, 0.25) is 0 Å². The summed E-state index contributed by atoms with van der Waals surface area (Å²) in [6, 6.07) is 29.6. The molecule has 0 aliphatic rings. The van der Waals surface area contributed by atoms with Crippen molar-refractivity contribution >= 4 is 5.97 Å². The summed E-state index contributed by atoms with van der Waals surface area (Å²) < 4.78 is 5.84. The number of likely N-dealkylation sites (N-methyl/N-ethyl adjacent to an activating group) is 1. The van der Waals surface area contributed by atoms with Crippen molar-refractivity contribution in [2.45, 2.75) is 12.0 Å². The summed E-state index contributed by atoms with van der Waals surface area (Å²) in [5.74, 6) is -0.238. The number of nitrogens with zero attached hydrogens (tertiary/aromatic N) is 1. The minimum Gasteiger partial charge on any atom is -0.460 e. The van der Waals surface area contributed by atoms with Crippen LogP contribution in [0.1, 0.15) is 16.7 Å². The molecule has 3 rings (SSSR count). The van der Waals surface area contributed by atoms with E-state index in [2.05, 4.69) is 0 Å². The van der Waals surface area contributed by atoms with Gasteiger partial charge in [-0.2, -0.15) is 0 Å². The van der Waals surface area contributed by atoms with Crippen LogP contribution in [-0.4, -0.2) is 31.5 Å². The van der Waals surface area contributed by atoms with E-state index in [0.29, 0.717) is 6.54 Å². The van der Waals surface area contributed by atoms with Crippen molar-refractivity contribution in [3.63, 3.8) is 0 Å². The first kappa shape index (κ1) is 18.9. The fourth-order valence-corrected chi connectivity index (χ4v) is 3.42. The Hall–Kier alpha value is -2.91. The molecule has 0 radical (unpaired) electrons. The zero-order valence-corrected chi connectivity index (χ0v) is 15.8. The van der Waals surface area contributed by atoms with Crippen LogP contribution in [-0.2, 0) is 21.6 Å². The third-order valence-electron chi connectivity index (χ3n) is 4.65. The predicted octanol–water partition coefficient (Wildman–Crippen LogP) is 4.28. The molecule has 0 atom stereocenters. The molecular formula is C24H25NO2. The zero-order valence-electron chi connectivity index (χ0n) is 15.8. The molecule has 27 heavy (non-hydrogen) atoms. The summed E-state index contributed by atoms with van der Waals surface area (Å²) in [6.45, 7) is 0.781. The van der Waals surface area contributed by atoms with Gasteiger partial charge in [-0.15, -0.1) is 0 Å². The summed E-state index contributed by atoms with van der Waals surface area (Å²) in [7, 11) is 3.95. The van der Waals surface area contributed by atoms with Gasteiger partial charge < -0.3 is 9.64 Å². The Balaban J connectivity index is 2.03. The number of carbonyl (C=O) groups is 1. The maximum atomic E-state index is 13.5. The Morgan fingerprint density at radius 3 is 1.67 bits per heavy atom. The van der Waals surface area contributed by atoms with E-state index in [1.54, 1.807) is 0 Å². The van der Waals surface area contributed by atoms with E-state index in [-0.39, 0.29) is 12.6 Å². The Morgan fingerprint density at radius 2 is 1.22 bits per heavy atom. The third-order valence-corrected chi connectivity index (χ3v) is 4.65. The molecule has 0 saturated carbocycles. The molecule has 0 bridgehead atoms. The van der Waals surface area contributed by atoms with Crippen molar-refractivity contribution in [2.75, 3.05) is 20.6 Å². The van der Waals surface area contributed by atoms with Crippen LogP contribution in [0.25, 0.3) is 0 Å². The van der Waals surface area contributed by atoms with Gasteiger partial charge in [0.05, 0.1) is 0 Å². The highest BCUT2D eigenvalue weighted by Crippen LogP contribution is 2.35. The van der Waals surface area contributed by atoms with E-state index in [1.165, 1.54) is 0 Å². The number of benzene rings is 3. The highest BCUT2D eigenvalue weighted by atomic mass is 16.5. The van der Waals surface area contributed by atoms with Gasteiger partial charge in [0, 0.05) is 6.54 Å². The first-order chi connectivity index (χ1) is 13.1. The average molecular weight is 359 g/mol. The van der Waals surface area contributed by atoms with Gasteiger partial charge >= 0.3 is 5.97 Å². The van der Waals surface area contributed by atoms with E-state index in [1.807, 2.05) is 110 Å². The standard InChI is InChI=1S/C24H25NO2/c1-25(2)19-24(21-14-8-4-9-15-21,22-16-10-5-11-17-22)23(26)27-18-20-12-6-3-7-13-20/h3-17H,18-19H2,1-2H3. The Bertz CT molecular complexity index is 806. The number of ether oxygens (including phenoxy) is 1. The average Bonchev–Trinajstić information content (AvgIpc) is 2.72. The van der Waals surface area contributed by atoms with Crippen molar-refractivity contribution in [3.8, 4) is 0 Å². The molecule has 3 heteroatoms. The molecule has 0 fully saturated rings. The lowest BCUT2D eigenvalue weighted by molar-refractivity contribution is -0.151. The van der Waals surface area contributed by atoms with Gasteiger partial charge in [-0.05, 0) is 30.8 Å². The lowest BCUT2D eigenvalue weighted by atomic mass is 9.74. The third kappa shape index (κ3) is 4.26. The summed E-state index contributed by atoms with van der Waals surface area (Å²) in [5, 5.41) is 0. The molecule has 0 aliphatic heterocycles. The Kier molecular flexibility index (Phi) is 6.05. The zero-order chi connectivity index (χ0) is 19.1. The maximum absolute atomic E-state index is 13.5. The van der Waals surface area contributed by atoms with Crippen LogP contribution in [0, 0.1) is 0 Å². The van der Waals surface area contributed by atoms with Crippen molar-refractivity contribution in [1.82, 2.24) is 4.90 Å². The molecule has 0 saturated heterocycles.